The van der Waals surface area contributed by atoms with E-state index in [1.54, 1.807) is 12.4 Å². The second-order valence-corrected chi connectivity index (χ2v) is 7.67. The van der Waals surface area contributed by atoms with Crippen LogP contribution in [0.4, 0.5) is 4.79 Å². The molecular formula is C18H30N4O2. The first kappa shape index (κ1) is 18.6. The van der Waals surface area contributed by atoms with Crippen molar-refractivity contribution >= 4 is 6.09 Å². The predicted octanol–water partition coefficient (Wildman–Crippen LogP) is 2.99. The van der Waals surface area contributed by atoms with Gasteiger partial charge in [0.25, 0.3) is 0 Å². The lowest BCUT2D eigenvalue weighted by Gasteiger charge is -2.43. The van der Waals surface area contributed by atoms with E-state index in [0.717, 1.165) is 18.7 Å². The van der Waals surface area contributed by atoms with Crippen LogP contribution in [0.1, 0.15) is 53.3 Å². The number of rotatable bonds is 4. The molecule has 0 saturated carbocycles. The number of alkyl carbamates (subject to hydrolysis) is 1. The number of hydrogen-bond acceptors (Lipinski definition) is 5. The van der Waals surface area contributed by atoms with Crippen LogP contribution in [0.2, 0.25) is 0 Å². The number of nitrogens with one attached hydrogen (secondary N) is 1. The minimum absolute atomic E-state index is 0.271. The molecule has 134 valence electrons. The Labute approximate surface area is 145 Å². The Morgan fingerprint density at radius 2 is 1.96 bits per heavy atom. The van der Waals surface area contributed by atoms with E-state index in [-0.39, 0.29) is 12.1 Å². The summed E-state index contributed by atoms with van der Waals surface area (Å²) in [7, 11) is 0. The summed E-state index contributed by atoms with van der Waals surface area (Å²) < 4.78 is 5.34. The van der Waals surface area contributed by atoms with Gasteiger partial charge in [-0.25, -0.2) is 14.8 Å². The van der Waals surface area contributed by atoms with E-state index in [1.807, 2.05) is 26.8 Å². The third kappa shape index (κ3) is 5.44. The molecule has 6 nitrogen and oxygen atoms in total. The molecule has 0 unspecified atom stereocenters. The minimum atomic E-state index is -0.476. The van der Waals surface area contributed by atoms with Gasteiger partial charge in [0.1, 0.15) is 11.4 Å². The molecule has 2 heterocycles. The molecule has 6 heteroatoms. The Hall–Kier alpha value is -1.69. The highest BCUT2D eigenvalue weighted by Crippen LogP contribution is 2.28. The van der Waals surface area contributed by atoms with E-state index in [0.29, 0.717) is 25.0 Å². The molecule has 24 heavy (non-hydrogen) atoms. The van der Waals surface area contributed by atoms with Crippen LogP contribution >= 0.6 is 0 Å². The summed E-state index contributed by atoms with van der Waals surface area (Å²) in [4.78, 5) is 23.0. The molecule has 0 aliphatic carbocycles. The Morgan fingerprint density at radius 3 is 2.58 bits per heavy atom. The van der Waals surface area contributed by atoms with Crippen LogP contribution in [0.3, 0.4) is 0 Å². The number of hydrogen-bond donors (Lipinski definition) is 1. The van der Waals surface area contributed by atoms with Crippen LogP contribution in [0.5, 0.6) is 0 Å². The molecule has 0 aromatic carbocycles. The van der Waals surface area contributed by atoms with Crippen LogP contribution in [-0.4, -0.2) is 45.2 Å². The highest BCUT2D eigenvalue weighted by molar-refractivity contribution is 5.67. The molecule has 2 rings (SSSR count). The van der Waals surface area contributed by atoms with Gasteiger partial charge in [0.2, 0.25) is 0 Å². The first-order valence-corrected chi connectivity index (χ1v) is 8.75. The largest absolute Gasteiger partial charge is 0.444 e. The molecule has 0 bridgehead atoms. The van der Waals surface area contributed by atoms with Gasteiger partial charge in [0.15, 0.2) is 0 Å². The first-order valence-electron chi connectivity index (χ1n) is 8.75. The number of nitrogens with zero attached hydrogens (tertiary/aromatic N) is 3. The lowest BCUT2D eigenvalue weighted by atomic mass is 9.87. The third-order valence-corrected chi connectivity index (χ3v) is 4.60. The fourth-order valence-corrected chi connectivity index (χ4v) is 3.10. The molecule has 1 fully saturated rings. The average Bonchev–Trinajstić information content (AvgIpc) is 2.50. The van der Waals surface area contributed by atoms with Crippen molar-refractivity contribution in [3.8, 4) is 0 Å². The number of carbonyl (C=O) groups is 1. The molecule has 1 N–H and O–H groups in total. The van der Waals surface area contributed by atoms with Crippen molar-refractivity contribution < 1.29 is 9.53 Å². The van der Waals surface area contributed by atoms with Gasteiger partial charge in [-0.15, -0.1) is 0 Å². The standard InChI is InChI=1S/C18H30N4O2/c1-13-7-8-15(11-21-17(23)24-18(3,4)5)22(14(13)2)12-16-19-9-6-10-20-16/h6,9-10,13-15H,7-8,11-12H2,1-5H3,(H,21,23)/t13-,14+,15+/m1/s1. The maximum absolute atomic E-state index is 11.9. The number of amides is 1. The van der Waals surface area contributed by atoms with E-state index < -0.39 is 5.60 Å². The van der Waals surface area contributed by atoms with Gasteiger partial charge in [0.05, 0.1) is 6.54 Å². The number of carbonyl (C=O) groups excluding carboxylic acids is 1. The van der Waals surface area contributed by atoms with Gasteiger partial charge in [-0.3, -0.25) is 4.90 Å². The Kier molecular flexibility index (Phi) is 6.15. The fourth-order valence-electron chi connectivity index (χ4n) is 3.10. The summed E-state index contributed by atoms with van der Waals surface area (Å²) in [5.74, 6) is 1.44. The number of ether oxygens (including phenoxy) is 1. The number of likely N-dealkylation sites (tertiary alicyclic amines) is 1. The van der Waals surface area contributed by atoms with Crippen molar-refractivity contribution in [3.05, 3.63) is 24.3 Å². The zero-order valence-corrected chi connectivity index (χ0v) is 15.5. The quantitative estimate of drug-likeness (QED) is 0.917. The summed E-state index contributed by atoms with van der Waals surface area (Å²) in [5, 5.41) is 2.92. The predicted molar refractivity (Wildman–Crippen MR) is 93.5 cm³/mol. The van der Waals surface area contributed by atoms with Gasteiger partial charge < -0.3 is 10.1 Å². The molecule has 0 radical (unpaired) electrons. The minimum Gasteiger partial charge on any atom is -0.444 e. The monoisotopic (exact) mass is 334 g/mol. The molecule has 1 amide bonds. The fraction of sp³-hybridized carbons (Fsp3) is 0.722. The van der Waals surface area contributed by atoms with Crippen LogP contribution in [0.25, 0.3) is 0 Å². The Balaban J connectivity index is 1.99. The molecule has 1 saturated heterocycles. The van der Waals surface area contributed by atoms with Gasteiger partial charge in [0, 0.05) is 31.0 Å². The first-order chi connectivity index (χ1) is 11.3. The average molecular weight is 334 g/mol. The van der Waals surface area contributed by atoms with Crippen molar-refractivity contribution in [2.75, 3.05) is 6.54 Å². The van der Waals surface area contributed by atoms with Crippen LogP contribution in [0, 0.1) is 5.92 Å². The van der Waals surface area contributed by atoms with Gasteiger partial charge in [-0.2, -0.15) is 0 Å². The molecular weight excluding hydrogens is 304 g/mol. The highest BCUT2D eigenvalue weighted by Gasteiger charge is 2.33. The highest BCUT2D eigenvalue weighted by atomic mass is 16.6. The SMILES string of the molecule is C[C@@H]1CC[C@@H](CNC(=O)OC(C)(C)C)N(Cc2ncccn2)[C@H]1C. The molecule has 0 spiro atoms. The van der Waals surface area contributed by atoms with Crippen LogP contribution in [-0.2, 0) is 11.3 Å². The number of aromatic nitrogens is 2. The van der Waals surface area contributed by atoms with Crippen molar-refractivity contribution in [2.45, 2.75) is 71.7 Å². The molecule has 1 aromatic heterocycles. The third-order valence-electron chi connectivity index (χ3n) is 4.60. The summed E-state index contributed by atoms with van der Waals surface area (Å²) in [6, 6.07) is 2.52. The maximum Gasteiger partial charge on any atom is 0.407 e. The lowest BCUT2D eigenvalue weighted by Crippen LogP contribution is -2.53. The Bertz CT molecular complexity index is 530. The van der Waals surface area contributed by atoms with Crippen molar-refractivity contribution in [3.63, 3.8) is 0 Å². The molecule has 3 atom stereocenters. The molecule has 1 aromatic rings. The van der Waals surface area contributed by atoms with Gasteiger partial charge in [-0.05, 0) is 52.5 Å². The maximum atomic E-state index is 11.9. The zero-order chi connectivity index (χ0) is 17.7. The topological polar surface area (TPSA) is 67.3 Å². The van der Waals surface area contributed by atoms with Crippen LogP contribution in [0.15, 0.2) is 18.5 Å². The van der Waals surface area contributed by atoms with Crippen molar-refractivity contribution in [2.24, 2.45) is 5.92 Å². The number of piperidine rings is 1. The van der Waals surface area contributed by atoms with Crippen molar-refractivity contribution in [1.29, 1.82) is 0 Å². The van der Waals surface area contributed by atoms with E-state index in [1.165, 1.54) is 0 Å². The summed E-state index contributed by atoms with van der Waals surface area (Å²) in [6.45, 7) is 11.4. The molecule has 1 aliphatic rings. The normalized spacial score (nSPS) is 25.3. The van der Waals surface area contributed by atoms with Gasteiger partial charge in [-0.1, -0.05) is 6.92 Å². The summed E-state index contributed by atoms with van der Waals surface area (Å²) in [5.41, 5.74) is -0.476. The molecule has 1 aliphatic heterocycles. The summed E-state index contributed by atoms with van der Waals surface area (Å²) in [6.07, 6.45) is 5.40. The van der Waals surface area contributed by atoms with Gasteiger partial charge >= 0.3 is 6.09 Å². The zero-order valence-electron chi connectivity index (χ0n) is 15.5. The smallest absolute Gasteiger partial charge is 0.407 e. The van der Waals surface area contributed by atoms with E-state index in [9.17, 15) is 4.79 Å². The second-order valence-electron chi connectivity index (χ2n) is 7.67. The second kappa shape index (κ2) is 7.92. The van der Waals surface area contributed by atoms with E-state index >= 15 is 0 Å². The Morgan fingerprint density at radius 1 is 1.29 bits per heavy atom. The van der Waals surface area contributed by atoms with Crippen molar-refractivity contribution in [1.82, 2.24) is 20.2 Å². The van der Waals surface area contributed by atoms with E-state index in [4.69, 9.17) is 4.74 Å². The lowest BCUT2D eigenvalue weighted by molar-refractivity contribution is 0.0334. The van der Waals surface area contributed by atoms with Crippen LogP contribution < -0.4 is 5.32 Å². The summed E-state index contributed by atoms with van der Waals surface area (Å²) >= 11 is 0. The van der Waals surface area contributed by atoms with E-state index in [2.05, 4.69) is 34.0 Å².